The summed E-state index contributed by atoms with van der Waals surface area (Å²) in [5.74, 6) is 0.0439. The van der Waals surface area contributed by atoms with Gasteiger partial charge in [-0.15, -0.1) is 0 Å². The monoisotopic (exact) mass is 411 g/mol. The lowest BCUT2D eigenvalue weighted by Crippen LogP contribution is -2.43. The van der Waals surface area contributed by atoms with Gasteiger partial charge in [-0.3, -0.25) is 4.79 Å². The summed E-state index contributed by atoms with van der Waals surface area (Å²) in [5, 5.41) is 3.90. The van der Waals surface area contributed by atoms with E-state index < -0.39 is 0 Å². The number of carbonyl (C=O) groups excluding carboxylic acids is 1. The number of anilines is 1. The SMILES string of the molecule is CCOc1nc(CC)c2sc(N3CCC[C@@H]3C(=O)NCc3ccccc3)nc2n1. The normalized spacial score (nSPS) is 16.3. The Bertz CT molecular complexity index is 991. The zero-order valence-electron chi connectivity index (χ0n) is 16.7. The second-order valence-electron chi connectivity index (χ2n) is 6.94. The quantitative estimate of drug-likeness (QED) is 0.642. The number of benzene rings is 1. The average molecular weight is 412 g/mol. The van der Waals surface area contributed by atoms with Gasteiger partial charge < -0.3 is 15.0 Å². The van der Waals surface area contributed by atoms with Crippen molar-refractivity contribution in [3.63, 3.8) is 0 Å². The highest BCUT2D eigenvalue weighted by Gasteiger charge is 2.33. The highest BCUT2D eigenvalue weighted by atomic mass is 32.1. The molecule has 1 N–H and O–H groups in total. The maximum Gasteiger partial charge on any atom is 0.318 e. The van der Waals surface area contributed by atoms with Crippen LogP contribution in [0.5, 0.6) is 6.01 Å². The molecule has 2 aromatic heterocycles. The molecule has 0 spiro atoms. The number of thiazole rings is 1. The van der Waals surface area contributed by atoms with Crippen molar-refractivity contribution >= 4 is 32.7 Å². The molecule has 0 aliphatic carbocycles. The van der Waals surface area contributed by atoms with Gasteiger partial charge in [-0.2, -0.15) is 15.0 Å². The van der Waals surface area contributed by atoms with E-state index in [1.807, 2.05) is 37.3 Å². The first kappa shape index (κ1) is 19.6. The zero-order valence-corrected chi connectivity index (χ0v) is 17.5. The first-order chi connectivity index (χ1) is 14.2. The van der Waals surface area contributed by atoms with Crippen LogP contribution in [0.15, 0.2) is 30.3 Å². The molecule has 7 nitrogen and oxygen atoms in total. The van der Waals surface area contributed by atoms with E-state index in [0.717, 1.165) is 46.9 Å². The molecule has 1 atom stereocenters. The van der Waals surface area contributed by atoms with Crippen molar-refractivity contribution in [3.05, 3.63) is 41.6 Å². The van der Waals surface area contributed by atoms with Crippen LogP contribution in [-0.2, 0) is 17.8 Å². The standard InChI is InChI=1S/C21H25N5O2S/c1-3-15-17-18(24-20(23-15)28-4-2)25-21(29-17)26-12-8-11-16(26)19(27)22-13-14-9-6-5-7-10-14/h5-7,9-10,16H,3-4,8,11-13H2,1-2H3,(H,22,27)/t16-/m1/s1. The maximum atomic E-state index is 12.9. The maximum absolute atomic E-state index is 12.9. The molecule has 3 heterocycles. The highest BCUT2D eigenvalue weighted by Crippen LogP contribution is 2.35. The number of nitrogens with zero attached hydrogens (tertiary/aromatic N) is 4. The van der Waals surface area contributed by atoms with E-state index in [1.165, 1.54) is 0 Å². The minimum absolute atomic E-state index is 0.0439. The van der Waals surface area contributed by atoms with Gasteiger partial charge in [0, 0.05) is 13.1 Å². The van der Waals surface area contributed by atoms with Crippen LogP contribution in [0.3, 0.4) is 0 Å². The van der Waals surface area contributed by atoms with Crippen molar-refractivity contribution in [2.75, 3.05) is 18.1 Å². The van der Waals surface area contributed by atoms with Gasteiger partial charge in [-0.1, -0.05) is 48.6 Å². The predicted molar refractivity (Wildman–Crippen MR) is 114 cm³/mol. The lowest BCUT2D eigenvalue weighted by Gasteiger charge is -2.23. The molecule has 0 saturated carbocycles. The van der Waals surface area contributed by atoms with Crippen molar-refractivity contribution in [2.24, 2.45) is 0 Å². The van der Waals surface area contributed by atoms with Crippen LogP contribution in [0.4, 0.5) is 5.13 Å². The number of carbonyl (C=O) groups is 1. The Morgan fingerprint density at radius 3 is 2.83 bits per heavy atom. The van der Waals surface area contributed by atoms with Gasteiger partial charge in [0.1, 0.15) is 6.04 Å². The van der Waals surface area contributed by atoms with Crippen LogP contribution < -0.4 is 15.0 Å². The summed E-state index contributed by atoms with van der Waals surface area (Å²) in [6.07, 6.45) is 2.57. The molecule has 3 aromatic rings. The van der Waals surface area contributed by atoms with E-state index in [-0.39, 0.29) is 11.9 Å². The second-order valence-corrected chi connectivity index (χ2v) is 7.92. The molecule has 1 amide bonds. The fourth-order valence-electron chi connectivity index (χ4n) is 3.57. The number of nitrogens with one attached hydrogen (secondary N) is 1. The first-order valence-electron chi connectivity index (χ1n) is 10.1. The largest absolute Gasteiger partial charge is 0.464 e. The summed E-state index contributed by atoms with van der Waals surface area (Å²) in [4.78, 5) is 28.6. The van der Waals surface area contributed by atoms with Crippen molar-refractivity contribution in [1.82, 2.24) is 20.3 Å². The molecule has 8 heteroatoms. The number of aromatic nitrogens is 3. The Balaban J connectivity index is 1.54. The van der Waals surface area contributed by atoms with E-state index in [0.29, 0.717) is 24.8 Å². The third-order valence-corrected chi connectivity index (χ3v) is 6.14. The molecule has 29 heavy (non-hydrogen) atoms. The van der Waals surface area contributed by atoms with Crippen LogP contribution in [0, 0.1) is 0 Å². The third kappa shape index (κ3) is 4.17. The first-order valence-corrected chi connectivity index (χ1v) is 10.9. The Hall–Kier alpha value is -2.74. The molecule has 4 rings (SSSR count). The topological polar surface area (TPSA) is 80.2 Å². The Kier molecular flexibility index (Phi) is 5.89. The summed E-state index contributed by atoms with van der Waals surface area (Å²) in [6, 6.07) is 10.1. The number of rotatable bonds is 7. The summed E-state index contributed by atoms with van der Waals surface area (Å²) in [7, 11) is 0. The average Bonchev–Trinajstić information content (AvgIpc) is 3.39. The van der Waals surface area contributed by atoms with Crippen LogP contribution >= 0.6 is 11.3 Å². The Morgan fingerprint density at radius 1 is 1.24 bits per heavy atom. The minimum atomic E-state index is -0.205. The molecule has 0 bridgehead atoms. The zero-order chi connectivity index (χ0) is 20.2. The van der Waals surface area contributed by atoms with Crippen LogP contribution in [-0.4, -0.2) is 40.1 Å². The number of aryl methyl sites for hydroxylation is 1. The van der Waals surface area contributed by atoms with Gasteiger partial charge >= 0.3 is 6.01 Å². The fourth-order valence-corrected chi connectivity index (χ4v) is 4.71. The highest BCUT2D eigenvalue weighted by molar-refractivity contribution is 7.22. The molecule has 1 aliphatic heterocycles. The van der Waals surface area contributed by atoms with Gasteiger partial charge in [0.15, 0.2) is 10.8 Å². The molecule has 1 aliphatic rings. The smallest absolute Gasteiger partial charge is 0.318 e. The van der Waals surface area contributed by atoms with Crippen LogP contribution in [0.2, 0.25) is 0 Å². The minimum Gasteiger partial charge on any atom is -0.464 e. The summed E-state index contributed by atoms with van der Waals surface area (Å²) < 4.78 is 6.46. The number of hydrogen-bond donors (Lipinski definition) is 1. The second kappa shape index (κ2) is 8.73. The van der Waals surface area contributed by atoms with Gasteiger partial charge in [-0.05, 0) is 31.7 Å². The summed E-state index contributed by atoms with van der Waals surface area (Å²) >= 11 is 1.56. The van der Waals surface area contributed by atoms with Gasteiger partial charge in [0.25, 0.3) is 0 Å². The van der Waals surface area contributed by atoms with Crippen molar-refractivity contribution < 1.29 is 9.53 Å². The third-order valence-electron chi connectivity index (χ3n) is 5.01. The number of ether oxygens (including phenoxy) is 1. The van der Waals surface area contributed by atoms with E-state index in [2.05, 4.69) is 27.1 Å². The van der Waals surface area contributed by atoms with Gasteiger partial charge in [0.2, 0.25) is 5.91 Å². The molecular formula is C21H25N5O2S. The van der Waals surface area contributed by atoms with E-state index in [4.69, 9.17) is 9.72 Å². The van der Waals surface area contributed by atoms with Crippen molar-refractivity contribution in [3.8, 4) is 6.01 Å². The number of hydrogen-bond acceptors (Lipinski definition) is 7. The summed E-state index contributed by atoms with van der Waals surface area (Å²) in [6.45, 7) is 5.84. The Morgan fingerprint density at radius 2 is 2.07 bits per heavy atom. The number of fused-ring (bicyclic) bond motifs is 1. The molecule has 1 aromatic carbocycles. The Labute approximate surface area is 174 Å². The molecule has 1 fully saturated rings. The van der Waals surface area contributed by atoms with Crippen molar-refractivity contribution in [2.45, 2.75) is 45.7 Å². The molecule has 0 unspecified atom stereocenters. The van der Waals surface area contributed by atoms with E-state index in [9.17, 15) is 4.79 Å². The lowest BCUT2D eigenvalue weighted by molar-refractivity contribution is -0.122. The molecule has 0 radical (unpaired) electrons. The van der Waals surface area contributed by atoms with E-state index >= 15 is 0 Å². The molecule has 1 saturated heterocycles. The molecule has 152 valence electrons. The summed E-state index contributed by atoms with van der Waals surface area (Å²) in [5.41, 5.74) is 2.68. The van der Waals surface area contributed by atoms with Gasteiger partial charge in [-0.25, -0.2) is 0 Å². The van der Waals surface area contributed by atoms with Gasteiger partial charge in [0.05, 0.1) is 17.0 Å². The predicted octanol–water partition coefficient (Wildman–Crippen LogP) is 3.33. The van der Waals surface area contributed by atoms with Crippen molar-refractivity contribution in [1.29, 1.82) is 0 Å². The van der Waals surface area contributed by atoms with Crippen LogP contribution in [0.1, 0.15) is 37.9 Å². The lowest BCUT2D eigenvalue weighted by atomic mass is 10.2. The van der Waals surface area contributed by atoms with E-state index in [1.54, 1.807) is 11.3 Å². The van der Waals surface area contributed by atoms with Crippen LogP contribution in [0.25, 0.3) is 10.3 Å². The molecular weight excluding hydrogens is 386 g/mol. The fraction of sp³-hybridized carbons (Fsp3) is 0.429. The number of amides is 1.